The smallest absolute Gasteiger partial charge is 0.459 e. The van der Waals surface area contributed by atoms with E-state index in [4.69, 9.17) is 25.8 Å². The van der Waals surface area contributed by atoms with Crippen molar-refractivity contribution in [1.82, 2.24) is 4.57 Å². The molecule has 0 radical (unpaired) electrons. The van der Waals surface area contributed by atoms with Gasteiger partial charge in [-0.25, -0.2) is 9.59 Å². The molecule has 2 amide bonds. The molecule has 1 aliphatic heterocycles. The van der Waals surface area contributed by atoms with Gasteiger partial charge in [-0.15, -0.1) is 4.65 Å². The molecule has 0 bridgehead atoms. The zero-order valence-corrected chi connectivity index (χ0v) is 18.1. The van der Waals surface area contributed by atoms with Crippen molar-refractivity contribution in [3.05, 3.63) is 35.7 Å². The second kappa shape index (κ2) is 7.81. The zero-order chi connectivity index (χ0) is 22.3. The van der Waals surface area contributed by atoms with Crippen molar-refractivity contribution < 1.29 is 28.5 Å². The van der Waals surface area contributed by atoms with Gasteiger partial charge in [-0.2, -0.15) is 0 Å². The van der Waals surface area contributed by atoms with Crippen LogP contribution in [0.3, 0.4) is 0 Å². The van der Waals surface area contributed by atoms with E-state index in [2.05, 4.69) is 4.57 Å². The van der Waals surface area contributed by atoms with Crippen LogP contribution in [-0.2, 0) is 17.9 Å². The normalized spacial score (nSPS) is 20.3. The summed E-state index contributed by atoms with van der Waals surface area (Å²) in [6, 6.07) is 7.61. The molecule has 1 unspecified atom stereocenters. The van der Waals surface area contributed by atoms with Gasteiger partial charge in [0.25, 0.3) is 0 Å². The number of hydroxylamine groups is 3. The summed E-state index contributed by atoms with van der Waals surface area (Å²) in [5.74, 6) is 1.55. The number of hydrogen-bond acceptors (Lipinski definition) is 5. The number of hydrogen-bond donors (Lipinski definition) is 2. The number of rotatable bonds is 6. The van der Waals surface area contributed by atoms with Crippen molar-refractivity contribution in [3.8, 4) is 22.6 Å². The highest BCUT2D eigenvalue weighted by Crippen LogP contribution is 2.52. The van der Waals surface area contributed by atoms with E-state index in [1.807, 2.05) is 38.1 Å². The Morgan fingerprint density at radius 2 is 1.81 bits per heavy atom. The van der Waals surface area contributed by atoms with Crippen LogP contribution in [0.15, 0.2) is 24.3 Å². The Hall–Kier alpha value is -3.20. The Morgan fingerprint density at radius 3 is 2.32 bits per heavy atom. The fourth-order valence-electron chi connectivity index (χ4n) is 4.51. The number of amides is 2. The number of benzene rings is 1. The number of nitrogens with two attached hydrogens (primary N) is 2. The monoisotopic (exact) mass is 429 g/mol. The minimum Gasteiger partial charge on any atom is -0.497 e. The van der Waals surface area contributed by atoms with E-state index in [1.54, 1.807) is 7.11 Å². The molecule has 1 saturated carbocycles. The van der Waals surface area contributed by atoms with Gasteiger partial charge in [-0.1, -0.05) is 12.1 Å². The van der Waals surface area contributed by atoms with Gasteiger partial charge in [0.1, 0.15) is 24.0 Å². The van der Waals surface area contributed by atoms with Crippen LogP contribution in [0.2, 0.25) is 0 Å². The van der Waals surface area contributed by atoms with Crippen molar-refractivity contribution in [1.29, 1.82) is 0 Å². The first-order valence-corrected chi connectivity index (χ1v) is 10.5. The second-order valence-electron chi connectivity index (χ2n) is 8.45. The van der Waals surface area contributed by atoms with Crippen LogP contribution in [0.5, 0.6) is 11.5 Å². The molecule has 1 atom stereocenters. The first kappa shape index (κ1) is 21.0. The van der Waals surface area contributed by atoms with Crippen LogP contribution in [0.25, 0.3) is 11.1 Å². The van der Waals surface area contributed by atoms with E-state index in [0.29, 0.717) is 31.3 Å². The fraction of sp³-hybridized carbons (Fsp3) is 0.455. The molecule has 4 rings (SSSR count). The largest absolute Gasteiger partial charge is 0.497 e. The third-order valence-electron chi connectivity index (χ3n) is 6.24. The number of fused-ring (bicyclic) bond motifs is 1. The fourth-order valence-corrected chi connectivity index (χ4v) is 4.51. The predicted octanol–water partition coefficient (Wildman–Crippen LogP) is 3.25. The lowest BCUT2D eigenvalue weighted by molar-refractivity contribution is -1.12. The van der Waals surface area contributed by atoms with E-state index in [1.165, 1.54) is 0 Å². The topological polar surface area (TPSA) is 119 Å². The third-order valence-corrected chi connectivity index (χ3v) is 6.24. The number of aromatic nitrogens is 1. The SMILES string of the molecule is COc1ccc(-c2c(OC(N)=O)c3n(c2C2CC2)CC[N+](OC(N)=O)(C(C)C)C3)cc1. The van der Waals surface area contributed by atoms with Crippen molar-refractivity contribution >= 4 is 12.2 Å². The van der Waals surface area contributed by atoms with Crippen LogP contribution >= 0.6 is 0 Å². The number of primary amides is 2. The first-order chi connectivity index (χ1) is 14.8. The molecular formula is C22H29N4O5+. The molecule has 2 heterocycles. The molecule has 9 nitrogen and oxygen atoms in total. The maximum Gasteiger partial charge on any atom is 0.459 e. The molecule has 9 heteroatoms. The molecule has 4 N–H and O–H groups in total. The van der Waals surface area contributed by atoms with Gasteiger partial charge in [0, 0.05) is 17.2 Å². The second-order valence-corrected chi connectivity index (χ2v) is 8.45. The van der Waals surface area contributed by atoms with Crippen LogP contribution in [0.4, 0.5) is 9.59 Å². The number of quaternary nitrogens is 1. The summed E-state index contributed by atoms with van der Waals surface area (Å²) >= 11 is 0. The molecule has 1 fully saturated rings. The van der Waals surface area contributed by atoms with Gasteiger partial charge in [0.2, 0.25) is 0 Å². The van der Waals surface area contributed by atoms with Crippen molar-refractivity contribution in [3.63, 3.8) is 0 Å². The summed E-state index contributed by atoms with van der Waals surface area (Å²) in [4.78, 5) is 29.1. The van der Waals surface area contributed by atoms with Crippen molar-refractivity contribution in [2.75, 3.05) is 13.7 Å². The number of ether oxygens (including phenoxy) is 2. The number of methoxy groups -OCH3 is 1. The highest BCUT2D eigenvalue weighted by Gasteiger charge is 2.46. The molecule has 2 aliphatic rings. The van der Waals surface area contributed by atoms with Gasteiger partial charge >= 0.3 is 12.2 Å². The quantitative estimate of drug-likeness (QED) is 0.683. The van der Waals surface area contributed by atoms with Gasteiger partial charge < -0.3 is 25.5 Å². The molecular weight excluding hydrogens is 400 g/mol. The van der Waals surface area contributed by atoms with Crippen LogP contribution in [0.1, 0.15) is 44.0 Å². The average molecular weight is 429 g/mol. The molecule has 0 spiro atoms. The van der Waals surface area contributed by atoms with E-state index in [9.17, 15) is 9.59 Å². The average Bonchev–Trinajstić information content (AvgIpc) is 3.51. The maximum atomic E-state index is 11.9. The predicted molar refractivity (Wildman–Crippen MR) is 113 cm³/mol. The lowest BCUT2D eigenvalue weighted by atomic mass is 10.0. The standard InChI is InChI=1S/C22H28N4O5/c1-13(2)26(31-22(24)28)11-10-25-17(12-26)20(30-21(23)27)18(19(25)15-4-5-15)14-6-8-16(29-3)9-7-14/h6-9,13,15H,4-5,10-12H2,1-3H3,(H3-,23,24,27,28)/p+1. The number of carbonyl (C=O) groups excluding carboxylic acids is 2. The maximum absolute atomic E-state index is 11.9. The molecule has 1 aromatic carbocycles. The Kier molecular flexibility index (Phi) is 5.30. The van der Waals surface area contributed by atoms with Crippen molar-refractivity contribution in [2.24, 2.45) is 11.5 Å². The van der Waals surface area contributed by atoms with E-state index >= 15 is 0 Å². The molecule has 31 heavy (non-hydrogen) atoms. The summed E-state index contributed by atoms with van der Waals surface area (Å²) in [6.45, 7) is 5.46. The Balaban J connectivity index is 1.90. The van der Waals surface area contributed by atoms with E-state index in [0.717, 1.165) is 41.1 Å². The summed E-state index contributed by atoms with van der Waals surface area (Å²) in [7, 11) is 1.62. The van der Waals surface area contributed by atoms with Gasteiger partial charge in [-0.3, -0.25) is 4.84 Å². The highest BCUT2D eigenvalue weighted by molar-refractivity contribution is 5.81. The lowest BCUT2D eigenvalue weighted by Gasteiger charge is -2.40. The Labute approximate surface area is 181 Å². The third kappa shape index (κ3) is 3.81. The molecule has 1 aromatic heterocycles. The first-order valence-electron chi connectivity index (χ1n) is 10.5. The van der Waals surface area contributed by atoms with Crippen LogP contribution in [-0.4, -0.2) is 41.1 Å². The molecule has 166 valence electrons. The lowest BCUT2D eigenvalue weighted by Crippen LogP contribution is -2.58. The van der Waals surface area contributed by atoms with Crippen molar-refractivity contribution in [2.45, 2.75) is 51.7 Å². The molecule has 2 aromatic rings. The van der Waals surface area contributed by atoms with Crippen LogP contribution in [0, 0.1) is 0 Å². The van der Waals surface area contributed by atoms with Gasteiger partial charge in [0.05, 0.1) is 13.7 Å². The van der Waals surface area contributed by atoms with Gasteiger partial charge in [-0.05, 0) is 44.4 Å². The molecule has 0 saturated heterocycles. The number of carbonyl (C=O) groups is 2. The zero-order valence-electron chi connectivity index (χ0n) is 18.1. The minimum atomic E-state index is -0.880. The Morgan fingerprint density at radius 1 is 1.13 bits per heavy atom. The van der Waals surface area contributed by atoms with Gasteiger partial charge in [0.15, 0.2) is 12.3 Å². The summed E-state index contributed by atoms with van der Waals surface area (Å²) < 4.78 is 13.1. The van der Waals surface area contributed by atoms with Crippen LogP contribution < -0.4 is 20.9 Å². The molecule has 1 aliphatic carbocycles. The highest BCUT2D eigenvalue weighted by atomic mass is 16.8. The number of nitrogens with zero attached hydrogens (tertiary/aromatic N) is 2. The van der Waals surface area contributed by atoms with E-state index < -0.39 is 12.2 Å². The Bertz CT molecular complexity index is 1010. The minimum absolute atomic E-state index is 0.0284. The van der Waals surface area contributed by atoms with E-state index in [-0.39, 0.29) is 10.7 Å². The summed E-state index contributed by atoms with van der Waals surface area (Å²) in [5, 5.41) is 0. The summed E-state index contributed by atoms with van der Waals surface area (Å²) in [6.07, 6.45) is 0.438. The summed E-state index contributed by atoms with van der Waals surface area (Å²) in [5.41, 5.74) is 14.6.